The van der Waals surface area contributed by atoms with Crippen molar-refractivity contribution in [2.75, 3.05) is 26.2 Å². The molecule has 0 radical (unpaired) electrons. The highest BCUT2D eigenvalue weighted by Crippen LogP contribution is 2.48. The van der Waals surface area contributed by atoms with Gasteiger partial charge in [-0.05, 0) is 45.4 Å². The molecule has 0 aliphatic rings. The Kier molecular flexibility index (Phi) is 13.1. The number of alkyl halides is 1. The van der Waals surface area contributed by atoms with E-state index in [2.05, 4.69) is 15.9 Å². The predicted molar refractivity (Wildman–Crippen MR) is 130 cm³/mol. The van der Waals surface area contributed by atoms with Crippen molar-refractivity contribution in [2.24, 2.45) is 0 Å². The summed E-state index contributed by atoms with van der Waals surface area (Å²) in [6, 6.07) is 15.6. The first kappa shape index (κ1) is 29.5. The van der Waals surface area contributed by atoms with Crippen molar-refractivity contribution in [3.05, 3.63) is 65.7 Å². The van der Waals surface area contributed by atoms with Gasteiger partial charge in [-0.25, -0.2) is 0 Å². The number of halogens is 1. The summed E-state index contributed by atoms with van der Waals surface area (Å²) in [7, 11) is -7.53. The second-order valence-electron chi connectivity index (χ2n) is 6.49. The summed E-state index contributed by atoms with van der Waals surface area (Å²) in [6.45, 7) is 7.61. The molecule has 0 aromatic heterocycles. The number of esters is 1. The van der Waals surface area contributed by atoms with Crippen LogP contribution in [0.2, 0.25) is 0 Å². The lowest BCUT2D eigenvalue weighted by atomic mass is 10.1. The van der Waals surface area contributed by atoms with Crippen LogP contribution >= 0.6 is 23.5 Å². The zero-order valence-corrected chi connectivity index (χ0v) is 22.4. The quantitative estimate of drug-likeness (QED) is 0.150. The molecule has 0 heterocycles. The third-order valence-electron chi connectivity index (χ3n) is 3.91. The molecular formula is C22H30BrO8PS. The maximum absolute atomic E-state index is 12.1. The predicted octanol–water partition coefficient (Wildman–Crippen LogP) is 5.61. The van der Waals surface area contributed by atoms with Crippen molar-refractivity contribution in [1.82, 2.24) is 0 Å². The van der Waals surface area contributed by atoms with Gasteiger partial charge in [-0.15, -0.1) is 0 Å². The van der Waals surface area contributed by atoms with E-state index in [0.717, 1.165) is 11.1 Å². The number of ether oxygens (including phenoxy) is 1. The van der Waals surface area contributed by atoms with Crippen molar-refractivity contribution in [3.8, 4) is 0 Å². The maximum atomic E-state index is 12.1. The van der Waals surface area contributed by atoms with Crippen molar-refractivity contribution in [2.45, 2.75) is 37.4 Å². The van der Waals surface area contributed by atoms with Crippen LogP contribution in [0.1, 0.15) is 36.7 Å². The summed E-state index contributed by atoms with van der Waals surface area (Å²) in [5.74, 6) is -0.242. The Balaban J connectivity index is 0.000000361. The lowest BCUT2D eigenvalue weighted by Gasteiger charge is -2.16. The number of carbonyl (C=O) groups is 1. The van der Waals surface area contributed by atoms with Gasteiger partial charge in [0.05, 0.1) is 24.7 Å². The average molecular weight is 565 g/mol. The third-order valence-corrected chi connectivity index (χ3v) is 8.02. The molecule has 2 aromatic rings. The van der Waals surface area contributed by atoms with Gasteiger partial charge < -0.3 is 13.8 Å². The highest BCUT2D eigenvalue weighted by atomic mass is 79.9. The van der Waals surface area contributed by atoms with Gasteiger partial charge in [0.1, 0.15) is 4.83 Å². The molecule has 8 nitrogen and oxygen atoms in total. The molecule has 0 fully saturated rings. The molecule has 0 bridgehead atoms. The van der Waals surface area contributed by atoms with E-state index in [0.29, 0.717) is 6.61 Å². The van der Waals surface area contributed by atoms with Crippen molar-refractivity contribution in [1.29, 1.82) is 0 Å². The number of aryl methyl sites for hydroxylation is 1. The molecule has 0 N–H and O–H groups in total. The molecule has 33 heavy (non-hydrogen) atoms. The number of hydrogen-bond acceptors (Lipinski definition) is 8. The van der Waals surface area contributed by atoms with Crippen LogP contribution < -0.4 is 0 Å². The number of hydrogen-bond donors (Lipinski definition) is 0. The second-order valence-corrected chi connectivity index (χ2v) is 11.0. The standard InChI is InChI=1S/C12H19O6PS.C10H11BrO2/c1-4-16-19(13,17-5-2)10-18-20(14,15)12-8-6-11(3)7-9-12;1-2-13-10(12)9(11)8-6-4-3-5-7-8/h6-9H,4-5,10H2,1-3H3;3-7,9H,2H2,1H3. The molecule has 0 saturated carbocycles. The summed E-state index contributed by atoms with van der Waals surface area (Å²) in [4.78, 5) is 10.9. The van der Waals surface area contributed by atoms with Crippen molar-refractivity contribution < 1.29 is 35.7 Å². The molecule has 1 atom stereocenters. The minimum absolute atomic E-state index is 0.00245. The SMILES string of the molecule is CCOC(=O)C(Br)c1ccccc1.CCOP(=O)(COS(=O)(=O)c1ccc(C)cc1)OCC. The number of carbonyl (C=O) groups excluding carboxylic acids is 1. The molecule has 1 unspecified atom stereocenters. The Morgan fingerprint density at radius 2 is 1.48 bits per heavy atom. The van der Waals surface area contributed by atoms with E-state index in [4.69, 9.17) is 18.0 Å². The first-order valence-electron chi connectivity index (χ1n) is 10.3. The molecule has 11 heteroatoms. The third kappa shape index (κ3) is 10.5. The topological polar surface area (TPSA) is 105 Å². The van der Waals surface area contributed by atoms with Gasteiger partial charge in [-0.3, -0.25) is 13.5 Å². The van der Waals surface area contributed by atoms with Gasteiger partial charge in [-0.1, -0.05) is 64.0 Å². The summed E-state index contributed by atoms with van der Waals surface area (Å²) in [6.07, 6.45) is -0.634. The average Bonchev–Trinajstić information content (AvgIpc) is 2.79. The van der Waals surface area contributed by atoms with Gasteiger partial charge in [-0.2, -0.15) is 8.42 Å². The van der Waals surface area contributed by atoms with Crippen LogP contribution in [0.3, 0.4) is 0 Å². The van der Waals surface area contributed by atoms with Crippen LogP contribution in [0.25, 0.3) is 0 Å². The normalized spacial score (nSPS) is 12.4. The van der Waals surface area contributed by atoms with E-state index in [1.54, 1.807) is 32.9 Å². The van der Waals surface area contributed by atoms with Crippen molar-refractivity contribution >= 4 is 39.6 Å². The molecular weight excluding hydrogens is 535 g/mol. The highest BCUT2D eigenvalue weighted by Gasteiger charge is 2.28. The van der Waals surface area contributed by atoms with Crippen LogP contribution in [0, 0.1) is 6.92 Å². The molecule has 2 rings (SSSR count). The van der Waals surface area contributed by atoms with Gasteiger partial charge in [0.2, 0.25) is 0 Å². The first-order chi connectivity index (χ1) is 15.6. The second kappa shape index (κ2) is 14.7. The molecule has 0 aliphatic heterocycles. The smallest absolute Gasteiger partial charge is 0.357 e. The monoisotopic (exact) mass is 564 g/mol. The molecule has 2 aromatic carbocycles. The minimum atomic E-state index is -3.98. The van der Waals surface area contributed by atoms with Gasteiger partial charge in [0.25, 0.3) is 10.1 Å². The Morgan fingerprint density at radius 1 is 0.939 bits per heavy atom. The van der Waals surface area contributed by atoms with Crippen LogP contribution in [0.15, 0.2) is 59.5 Å². The Morgan fingerprint density at radius 3 is 1.97 bits per heavy atom. The van der Waals surface area contributed by atoms with E-state index in [1.165, 1.54) is 12.1 Å². The Labute approximate surface area is 204 Å². The molecule has 0 saturated heterocycles. The summed E-state index contributed by atoms with van der Waals surface area (Å²) >= 11 is 3.28. The maximum Gasteiger partial charge on any atom is 0.357 e. The van der Waals surface area contributed by atoms with E-state index in [1.807, 2.05) is 37.3 Å². The minimum Gasteiger partial charge on any atom is -0.465 e. The van der Waals surface area contributed by atoms with Crippen LogP contribution in [0.4, 0.5) is 0 Å². The lowest BCUT2D eigenvalue weighted by molar-refractivity contribution is -0.142. The molecule has 0 amide bonds. The Bertz CT molecular complexity index is 987. The van der Waals surface area contributed by atoms with E-state index >= 15 is 0 Å². The van der Waals surface area contributed by atoms with Gasteiger partial charge in [0, 0.05) is 0 Å². The van der Waals surface area contributed by atoms with Crippen LogP contribution in [-0.4, -0.2) is 40.6 Å². The van der Waals surface area contributed by atoms with Crippen molar-refractivity contribution in [3.63, 3.8) is 0 Å². The molecule has 0 spiro atoms. The fourth-order valence-corrected chi connectivity index (χ4v) is 5.51. The van der Waals surface area contributed by atoms with Gasteiger partial charge >= 0.3 is 13.6 Å². The number of benzene rings is 2. The van der Waals surface area contributed by atoms with E-state index in [9.17, 15) is 17.8 Å². The van der Waals surface area contributed by atoms with Gasteiger partial charge in [0.15, 0.2) is 6.35 Å². The van der Waals surface area contributed by atoms with E-state index < -0.39 is 24.1 Å². The molecule has 184 valence electrons. The van der Waals surface area contributed by atoms with Crippen LogP contribution in [-0.2, 0) is 37.4 Å². The first-order valence-corrected chi connectivity index (χ1v) is 14.3. The molecule has 0 aliphatic carbocycles. The summed E-state index contributed by atoms with van der Waals surface area (Å²) < 4.78 is 55.6. The summed E-state index contributed by atoms with van der Waals surface area (Å²) in [5.41, 5.74) is 1.85. The zero-order valence-electron chi connectivity index (χ0n) is 19.1. The fourth-order valence-electron chi connectivity index (χ4n) is 2.39. The van der Waals surface area contributed by atoms with E-state index in [-0.39, 0.29) is 28.9 Å². The lowest BCUT2D eigenvalue weighted by Crippen LogP contribution is -2.10. The number of rotatable bonds is 11. The largest absolute Gasteiger partial charge is 0.465 e. The zero-order chi connectivity index (χ0) is 24.9. The summed E-state index contributed by atoms with van der Waals surface area (Å²) in [5, 5.41) is 0. The Hall–Kier alpha value is -1.55. The highest BCUT2D eigenvalue weighted by molar-refractivity contribution is 9.09. The fraction of sp³-hybridized carbons (Fsp3) is 0.409. The van der Waals surface area contributed by atoms with Crippen LogP contribution in [0.5, 0.6) is 0 Å².